The molecule has 0 bridgehead atoms. The summed E-state index contributed by atoms with van der Waals surface area (Å²) in [6.07, 6.45) is 0. The molecule has 1 aromatic heterocycles. The highest BCUT2D eigenvalue weighted by molar-refractivity contribution is 7.10. The molecule has 7 heteroatoms. The van der Waals surface area contributed by atoms with E-state index in [-0.39, 0.29) is 17.9 Å². The molecule has 0 aliphatic carbocycles. The minimum atomic E-state index is -1.19. The lowest BCUT2D eigenvalue weighted by Crippen LogP contribution is -2.53. The van der Waals surface area contributed by atoms with Crippen molar-refractivity contribution in [2.75, 3.05) is 13.7 Å². The molecule has 1 aromatic rings. The second-order valence-electron chi connectivity index (χ2n) is 5.76. The molecule has 0 unspecified atom stereocenters. The monoisotopic (exact) mass is 322 g/mol. The zero-order chi connectivity index (χ0) is 16.1. The number of carbonyl (C=O) groups excluding carboxylic acids is 3. The number of imide groups is 1. The van der Waals surface area contributed by atoms with Crippen LogP contribution in [-0.4, -0.2) is 41.9 Å². The highest BCUT2D eigenvalue weighted by atomic mass is 32.1. The molecule has 3 heterocycles. The number of nitrogens with zero attached hydrogens (tertiary/aromatic N) is 1. The maximum atomic E-state index is 12.7. The number of thiophene rings is 1. The van der Waals surface area contributed by atoms with E-state index < -0.39 is 23.3 Å². The number of fused-ring (bicyclic) bond motifs is 1. The van der Waals surface area contributed by atoms with E-state index in [9.17, 15) is 14.4 Å². The van der Waals surface area contributed by atoms with Gasteiger partial charge >= 0.3 is 5.97 Å². The van der Waals surface area contributed by atoms with Crippen molar-refractivity contribution in [3.63, 3.8) is 0 Å². The Morgan fingerprint density at radius 1 is 1.45 bits per heavy atom. The molecule has 0 radical (unpaired) electrons. The third-order valence-corrected chi connectivity index (χ3v) is 5.61. The molecule has 2 amide bonds. The molecule has 2 saturated heterocycles. The second-order valence-corrected chi connectivity index (χ2v) is 6.73. The molecule has 3 rings (SSSR count). The topological polar surface area (TPSA) is 75.7 Å². The van der Waals surface area contributed by atoms with E-state index in [1.165, 1.54) is 23.3 Å². The molecule has 6 nitrogen and oxygen atoms in total. The van der Waals surface area contributed by atoms with Gasteiger partial charge in [0.1, 0.15) is 5.54 Å². The maximum Gasteiger partial charge on any atom is 0.326 e. The molecule has 2 fully saturated rings. The van der Waals surface area contributed by atoms with Crippen molar-refractivity contribution < 1.29 is 19.1 Å². The van der Waals surface area contributed by atoms with Gasteiger partial charge in [-0.1, -0.05) is 6.07 Å². The van der Waals surface area contributed by atoms with Crippen LogP contribution in [0.4, 0.5) is 0 Å². The lowest BCUT2D eigenvalue weighted by atomic mass is 9.81. The first kappa shape index (κ1) is 15.2. The van der Waals surface area contributed by atoms with E-state index >= 15 is 0 Å². The van der Waals surface area contributed by atoms with Gasteiger partial charge in [-0.25, -0.2) is 0 Å². The number of hydrogen-bond donors (Lipinski definition) is 1. The first-order chi connectivity index (χ1) is 10.5. The van der Waals surface area contributed by atoms with Gasteiger partial charge in [-0.2, -0.15) is 0 Å². The molecule has 0 spiro atoms. The van der Waals surface area contributed by atoms with Crippen LogP contribution >= 0.6 is 11.3 Å². The number of rotatable bonds is 3. The zero-order valence-corrected chi connectivity index (χ0v) is 13.5. The average Bonchev–Trinajstić information content (AvgIpc) is 3.17. The maximum absolute atomic E-state index is 12.7. The third kappa shape index (κ3) is 1.85. The van der Waals surface area contributed by atoms with E-state index in [4.69, 9.17) is 4.74 Å². The third-order valence-electron chi connectivity index (χ3n) is 4.65. The predicted octanol–water partition coefficient (Wildman–Crippen LogP) is 0.945. The summed E-state index contributed by atoms with van der Waals surface area (Å²) in [7, 11) is 1.29. The van der Waals surface area contributed by atoms with Crippen LogP contribution in [0.2, 0.25) is 0 Å². The highest BCUT2D eigenvalue weighted by Crippen LogP contribution is 2.49. The van der Waals surface area contributed by atoms with E-state index in [1.54, 1.807) is 13.8 Å². The standard InChI is InChI=1S/C15H18N2O4S/c1-4-17-12(18)9-10(13(17)19)15(2,14(20)21-3)16-11(9)8-6-5-7-22-8/h5-7,9-11,16H,4H2,1-3H3/t9-,10+,11-,15-/m1/s1. The Morgan fingerprint density at radius 2 is 2.18 bits per heavy atom. The van der Waals surface area contributed by atoms with Gasteiger partial charge in [0.25, 0.3) is 0 Å². The average molecular weight is 322 g/mol. The Kier molecular flexibility index (Phi) is 3.57. The van der Waals surface area contributed by atoms with Crippen LogP contribution in [0.25, 0.3) is 0 Å². The van der Waals surface area contributed by atoms with Crippen molar-refractivity contribution in [2.45, 2.75) is 25.4 Å². The highest BCUT2D eigenvalue weighted by Gasteiger charge is 2.66. The molecule has 22 heavy (non-hydrogen) atoms. The van der Waals surface area contributed by atoms with Gasteiger partial charge in [0.2, 0.25) is 11.8 Å². The van der Waals surface area contributed by atoms with Gasteiger partial charge in [-0.15, -0.1) is 11.3 Å². The molecule has 0 aromatic carbocycles. The van der Waals surface area contributed by atoms with Crippen molar-refractivity contribution in [2.24, 2.45) is 11.8 Å². The molecule has 0 saturated carbocycles. The minimum Gasteiger partial charge on any atom is -0.468 e. The number of methoxy groups -OCH3 is 1. The van der Waals surface area contributed by atoms with Crippen LogP contribution in [0.5, 0.6) is 0 Å². The van der Waals surface area contributed by atoms with Gasteiger partial charge < -0.3 is 4.74 Å². The van der Waals surface area contributed by atoms with Crippen molar-refractivity contribution in [1.29, 1.82) is 0 Å². The van der Waals surface area contributed by atoms with Crippen molar-refractivity contribution in [1.82, 2.24) is 10.2 Å². The van der Waals surface area contributed by atoms with E-state index in [0.717, 1.165) is 4.88 Å². The molecule has 118 valence electrons. The minimum absolute atomic E-state index is 0.212. The normalized spacial score (nSPS) is 34.1. The van der Waals surface area contributed by atoms with Crippen LogP contribution in [0, 0.1) is 11.8 Å². The Balaban J connectivity index is 2.09. The fourth-order valence-corrected chi connectivity index (χ4v) is 4.45. The fourth-order valence-electron chi connectivity index (χ4n) is 3.62. The molecular weight excluding hydrogens is 304 g/mol. The summed E-state index contributed by atoms with van der Waals surface area (Å²) in [6.45, 7) is 3.73. The smallest absolute Gasteiger partial charge is 0.326 e. The number of nitrogens with one attached hydrogen (secondary N) is 1. The van der Waals surface area contributed by atoms with Crippen LogP contribution in [0.15, 0.2) is 17.5 Å². The van der Waals surface area contributed by atoms with Gasteiger partial charge in [-0.05, 0) is 25.3 Å². The van der Waals surface area contributed by atoms with Gasteiger partial charge in [0.15, 0.2) is 0 Å². The lowest BCUT2D eigenvalue weighted by Gasteiger charge is -2.28. The number of carbonyl (C=O) groups is 3. The van der Waals surface area contributed by atoms with E-state index in [1.807, 2.05) is 17.5 Å². The summed E-state index contributed by atoms with van der Waals surface area (Å²) < 4.78 is 4.88. The molecule has 2 aliphatic heterocycles. The van der Waals surface area contributed by atoms with Gasteiger partial charge in [-0.3, -0.25) is 24.6 Å². The van der Waals surface area contributed by atoms with E-state index in [0.29, 0.717) is 6.54 Å². The predicted molar refractivity (Wildman–Crippen MR) is 80.0 cm³/mol. The second kappa shape index (κ2) is 5.17. The summed E-state index contributed by atoms with van der Waals surface area (Å²) in [6, 6.07) is 3.46. The van der Waals surface area contributed by atoms with Crippen LogP contribution < -0.4 is 5.32 Å². The van der Waals surface area contributed by atoms with Crippen molar-refractivity contribution in [3.05, 3.63) is 22.4 Å². The molecule has 4 atom stereocenters. The van der Waals surface area contributed by atoms with E-state index in [2.05, 4.69) is 5.32 Å². The Morgan fingerprint density at radius 3 is 2.73 bits per heavy atom. The number of likely N-dealkylation sites (tertiary alicyclic amines) is 1. The summed E-state index contributed by atoms with van der Waals surface area (Å²) in [5, 5.41) is 5.11. The number of esters is 1. The number of ether oxygens (including phenoxy) is 1. The molecule has 2 aliphatic rings. The largest absolute Gasteiger partial charge is 0.468 e. The summed E-state index contributed by atoms with van der Waals surface area (Å²) in [5.74, 6) is -2.30. The van der Waals surface area contributed by atoms with Crippen LogP contribution in [-0.2, 0) is 19.1 Å². The lowest BCUT2D eigenvalue weighted by molar-refractivity contribution is -0.153. The molecule has 1 N–H and O–H groups in total. The van der Waals surface area contributed by atoms with Gasteiger partial charge in [0.05, 0.1) is 25.0 Å². The zero-order valence-electron chi connectivity index (χ0n) is 12.7. The van der Waals surface area contributed by atoms with Crippen molar-refractivity contribution in [3.8, 4) is 0 Å². The summed E-state index contributed by atoms with van der Waals surface area (Å²) >= 11 is 1.50. The SMILES string of the molecule is CCN1C(=O)[C@H]2[C@@H](c3cccs3)N[C@@](C)(C(=O)OC)[C@@H]2C1=O. The van der Waals surface area contributed by atoms with Crippen molar-refractivity contribution >= 4 is 29.1 Å². The summed E-state index contributed by atoms with van der Waals surface area (Å²) in [5.41, 5.74) is -1.19. The van der Waals surface area contributed by atoms with Crippen LogP contribution in [0.1, 0.15) is 24.8 Å². The van der Waals surface area contributed by atoms with Gasteiger partial charge in [0, 0.05) is 11.4 Å². The Hall–Kier alpha value is -1.73. The number of hydrogen-bond acceptors (Lipinski definition) is 6. The molecular formula is C15H18N2O4S. The van der Waals surface area contributed by atoms with Crippen LogP contribution in [0.3, 0.4) is 0 Å². The number of amides is 2. The first-order valence-corrected chi connectivity index (χ1v) is 8.08. The summed E-state index contributed by atoms with van der Waals surface area (Å²) in [4.78, 5) is 39.8. The Labute approximate surface area is 132 Å². The first-order valence-electron chi connectivity index (χ1n) is 7.20. The quantitative estimate of drug-likeness (QED) is 0.662. The fraction of sp³-hybridized carbons (Fsp3) is 0.533. The Bertz CT molecular complexity index is 629.